The summed E-state index contributed by atoms with van der Waals surface area (Å²) in [6.45, 7) is 10.1. The van der Waals surface area contributed by atoms with E-state index in [0.717, 1.165) is 40.5 Å². The predicted octanol–water partition coefficient (Wildman–Crippen LogP) is 8.29. The van der Waals surface area contributed by atoms with Crippen LogP contribution in [0.5, 0.6) is 5.75 Å². The molecule has 1 heterocycles. The molecule has 0 radical (unpaired) electrons. The highest BCUT2D eigenvalue weighted by molar-refractivity contribution is 9.10. The number of halogens is 2. The standard InChI is InChI=1S/C35H45Br2NO6/c1-35(2,3)44-34(39)14-16-40-17-18-41-19-20-42-21-22-43-29-9-6-8-26(23-29)7-4-5-15-38-32-12-10-27(36)24-30(32)31-25-28(37)11-13-33(31)38/h6,8-13,23-25,34,39H,4-5,7,14-22H2,1-3H3. The molecule has 4 aromatic rings. The zero-order chi connectivity index (χ0) is 31.4. The summed E-state index contributed by atoms with van der Waals surface area (Å²) in [6.07, 6.45) is 2.81. The first kappa shape index (κ1) is 34.9. The molecule has 240 valence electrons. The Morgan fingerprint density at radius 1 is 0.727 bits per heavy atom. The van der Waals surface area contributed by atoms with Gasteiger partial charge in [0.05, 0.1) is 45.2 Å². The fourth-order valence-electron chi connectivity index (χ4n) is 5.09. The predicted molar refractivity (Wildman–Crippen MR) is 184 cm³/mol. The monoisotopic (exact) mass is 733 g/mol. The van der Waals surface area contributed by atoms with Gasteiger partial charge in [0.25, 0.3) is 0 Å². The Morgan fingerprint density at radius 3 is 1.93 bits per heavy atom. The van der Waals surface area contributed by atoms with Crippen LogP contribution in [0.1, 0.15) is 45.6 Å². The molecule has 0 saturated carbocycles. The van der Waals surface area contributed by atoms with Gasteiger partial charge in [0.1, 0.15) is 12.4 Å². The van der Waals surface area contributed by atoms with E-state index in [-0.39, 0.29) is 5.60 Å². The lowest BCUT2D eigenvalue weighted by Crippen LogP contribution is -2.28. The second-order valence-corrected chi connectivity index (χ2v) is 13.6. The van der Waals surface area contributed by atoms with Crippen LogP contribution in [0.15, 0.2) is 69.6 Å². The van der Waals surface area contributed by atoms with E-state index in [4.69, 9.17) is 23.7 Å². The van der Waals surface area contributed by atoms with Crippen LogP contribution in [0.3, 0.4) is 0 Å². The quantitative estimate of drug-likeness (QED) is 0.0773. The van der Waals surface area contributed by atoms with E-state index in [0.29, 0.717) is 52.7 Å². The van der Waals surface area contributed by atoms with Crippen molar-refractivity contribution in [2.24, 2.45) is 0 Å². The smallest absolute Gasteiger partial charge is 0.157 e. The van der Waals surface area contributed by atoms with Crippen molar-refractivity contribution in [1.29, 1.82) is 0 Å². The molecule has 0 bridgehead atoms. The number of fused-ring (bicyclic) bond motifs is 3. The summed E-state index contributed by atoms with van der Waals surface area (Å²) >= 11 is 7.27. The Morgan fingerprint density at radius 2 is 1.32 bits per heavy atom. The van der Waals surface area contributed by atoms with Crippen molar-refractivity contribution in [2.45, 2.75) is 64.9 Å². The number of aryl methyl sites for hydroxylation is 2. The summed E-state index contributed by atoms with van der Waals surface area (Å²) in [5.74, 6) is 0.871. The van der Waals surface area contributed by atoms with Gasteiger partial charge in [-0.1, -0.05) is 44.0 Å². The highest BCUT2D eigenvalue weighted by Gasteiger charge is 2.16. The number of aliphatic hydroxyl groups excluding tert-OH is 1. The molecule has 1 aromatic heterocycles. The first-order chi connectivity index (χ1) is 21.2. The lowest BCUT2D eigenvalue weighted by molar-refractivity contribution is -0.173. The van der Waals surface area contributed by atoms with E-state index < -0.39 is 6.29 Å². The molecule has 7 nitrogen and oxygen atoms in total. The summed E-state index contributed by atoms with van der Waals surface area (Å²) in [5.41, 5.74) is 3.46. The van der Waals surface area contributed by atoms with Gasteiger partial charge >= 0.3 is 0 Å². The Labute approximate surface area is 278 Å². The maximum Gasteiger partial charge on any atom is 0.157 e. The van der Waals surface area contributed by atoms with Crippen LogP contribution >= 0.6 is 31.9 Å². The Hall–Kier alpha value is -1.98. The van der Waals surface area contributed by atoms with Gasteiger partial charge in [-0.2, -0.15) is 0 Å². The normalized spacial score (nSPS) is 12.8. The lowest BCUT2D eigenvalue weighted by Gasteiger charge is -2.23. The van der Waals surface area contributed by atoms with Crippen LogP contribution < -0.4 is 4.74 Å². The number of rotatable bonds is 19. The fraction of sp³-hybridized carbons (Fsp3) is 0.486. The number of aliphatic hydroxyl groups is 1. The first-order valence-corrected chi connectivity index (χ1v) is 17.0. The van der Waals surface area contributed by atoms with Crippen LogP contribution in [-0.2, 0) is 31.9 Å². The summed E-state index contributed by atoms with van der Waals surface area (Å²) < 4.78 is 32.6. The second kappa shape index (κ2) is 17.6. The molecule has 4 rings (SSSR count). The summed E-state index contributed by atoms with van der Waals surface area (Å²) in [7, 11) is 0. The number of aromatic nitrogens is 1. The van der Waals surface area contributed by atoms with Gasteiger partial charge in [-0.15, -0.1) is 0 Å². The van der Waals surface area contributed by atoms with Gasteiger partial charge in [0.2, 0.25) is 0 Å². The fourth-order valence-corrected chi connectivity index (χ4v) is 5.81. The summed E-state index contributed by atoms with van der Waals surface area (Å²) in [4.78, 5) is 0. The molecule has 0 amide bonds. The van der Waals surface area contributed by atoms with Gasteiger partial charge < -0.3 is 33.4 Å². The maximum absolute atomic E-state index is 9.79. The molecule has 1 atom stereocenters. The molecule has 1 unspecified atom stereocenters. The van der Waals surface area contributed by atoms with E-state index in [1.165, 1.54) is 27.4 Å². The molecule has 0 aliphatic heterocycles. The van der Waals surface area contributed by atoms with Gasteiger partial charge in [-0.25, -0.2) is 0 Å². The number of benzene rings is 3. The van der Waals surface area contributed by atoms with E-state index in [2.05, 4.69) is 91.0 Å². The van der Waals surface area contributed by atoms with Gasteiger partial charge in [0.15, 0.2) is 6.29 Å². The minimum atomic E-state index is -0.816. The molecule has 0 spiro atoms. The zero-order valence-electron chi connectivity index (χ0n) is 26.0. The van der Waals surface area contributed by atoms with E-state index >= 15 is 0 Å². The largest absolute Gasteiger partial charge is 0.491 e. The number of unbranched alkanes of at least 4 members (excludes halogenated alkanes) is 1. The molecule has 9 heteroatoms. The number of nitrogens with zero attached hydrogens (tertiary/aromatic N) is 1. The van der Waals surface area contributed by atoms with Gasteiger partial charge in [0, 0.05) is 43.7 Å². The van der Waals surface area contributed by atoms with Crippen molar-refractivity contribution in [3.05, 3.63) is 75.2 Å². The van der Waals surface area contributed by atoms with Crippen LogP contribution in [-0.4, -0.2) is 67.8 Å². The summed E-state index contributed by atoms with van der Waals surface area (Å²) in [5, 5.41) is 12.3. The molecule has 0 aliphatic rings. The third kappa shape index (κ3) is 11.4. The Kier molecular flexibility index (Phi) is 14.0. The van der Waals surface area contributed by atoms with Crippen LogP contribution in [0.25, 0.3) is 21.8 Å². The molecule has 0 fully saturated rings. The minimum absolute atomic E-state index is 0.370. The molecule has 0 aliphatic carbocycles. The second-order valence-electron chi connectivity index (χ2n) is 11.7. The van der Waals surface area contributed by atoms with Crippen molar-refractivity contribution in [1.82, 2.24) is 4.57 Å². The number of hydrogen-bond acceptors (Lipinski definition) is 6. The highest BCUT2D eigenvalue weighted by Crippen LogP contribution is 2.33. The average Bonchev–Trinajstić information content (AvgIpc) is 3.26. The molecular weight excluding hydrogens is 690 g/mol. The third-order valence-electron chi connectivity index (χ3n) is 7.02. The molecule has 1 N–H and O–H groups in total. The van der Waals surface area contributed by atoms with Crippen molar-refractivity contribution >= 4 is 53.7 Å². The molecule has 0 saturated heterocycles. The Bertz CT molecular complexity index is 1390. The van der Waals surface area contributed by atoms with E-state index in [1.807, 2.05) is 26.8 Å². The SMILES string of the molecule is CC(C)(C)OC(O)CCOCCOCCOCCOc1cccc(CCCCn2c3ccc(Br)cc3c3cc(Br)ccc32)c1. The third-order valence-corrected chi connectivity index (χ3v) is 8.01. The lowest BCUT2D eigenvalue weighted by atomic mass is 10.1. The van der Waals surface area contributed by atoms with Crippen molar-refractivity contribution in [3.8, 4) is 5.75 Å². The molecular formula is C35H45Br2NO6. The average molecular weight is 736 g/mol. The topological polar surface area (TPSA) is 71.3 Å². The molecule has 3 aromatic carbocycles. The van der Waals surface area contributed by atoms with Gasteiger partial charge in [-0.3, -0.25) is 0 Å². The number of hydrogen-bond donors (Lipinski definition) is 1. The summed E-state index contributed by atoms with van der Waals surface area (Å²) in [6, 6.07) is 21.4. The minimum Gasteiger partial charge on any atom is -0.491 e. The van der Waals surface area contributed by atoms with Crippen LogP contribution in [0.2, 0.25) is 0 Å². The van der Waals surface area contributed by atoms with Gasteiger partial charge in [-0.05, 0) is 94.1 Å². The zero-order valence-corrected chi connectivity index (χ0v) is 29.2. The maximum atomic E-state index is 9.79. The van der Waals surface area contributed by atoms with E-state index in [9.17, 15) is 5.11 Å². The van der Waals surface area contributed by atoms with Crippen molar-refractivity contribution < 1.29 is 28.8 Å². The van der Waals surface area contributed by atoms with Crippen molar-refractivity contribution in [3.63, 3.8) is 0 Å². The number of ether oxygens (including phenoxy) is 5. The molecule has 44 heavy (non-hydrogen) atoms. The Balaban J connectivity index is 1.07. The van der Waals surface area contributed by atoms with E-state index in [1.54, 1.807) is 0 Å². The first-order valence-electron chi connectivity index (χ1n) is 15.4. The highest BCUT2D eigenvalue weighted by atomic mass is 79.9. The van der Waals surface area contributed by atoms with Crippen LogP contribution in [0, 0.1) is 0 Å². The van der Waals surface area contributed by atoms with Crippen LogP contribution in [0.4, 0.5) is 0 Å². The van der Waals surface area contributed by atoms with Crippen molar-refractivity contribution in [2.75, 3.05) is 46.2 Å².